The van der Waals surface area contributed by atoms with Crippen molar-refractivity contribution in [1.82, 2.24) is 5.43 Å². The molecule has 0 saturated heterocycles. The van der Waals surface area contributed by atoms with Crippen LogP contribution in [0.4, 0.5) is 5.69 Å². The number of hydrogen-bond acceptors (Lipinski definition) is 5. The van der Waals surface area contributed by atoms with Crippen LogP contribution < -0.4 is 10.7 Å². The zero-order valence-corrected chi connectivity index (χ0v) is 14.3. The van der Waals surface area contributed by atoms with Crippen molar-refractivity contribution in [1.29, 1.82) is 0 Å². The number of hydrogen-bond donors (Lipinski definition) is 2. The summed E-state index contributed by atoms with van der Waals surface area (Å²) in [5.41, 5.74) is 3.33. The minimum atomic E-state index is -0.384. The van der Waals surface area contributed by atoms with E-state index in [-0.39, 0.29) is 17.6 Å². The summed E-state index contributed by atoms with van der Waals surface area (Å²) in [6.45, 7) is 0. The second-order valence-electron chi connectivity index (χ2n) is 4.85. The molecule has 3 aromatic rings. The fourth-order valence-electron chi connectivity index (χ4n) is 1.92. The quantitative estimate of drug-likeness (QED) is 0.503. The van der Waals surface area contributed by atoms with Gasteiger partial charge in [-0.15, -0.1) is 0 Å². The van der Waals surface area contributed by atoms with E-state index in [1.165, 1.54) is 12.5 Å². The molecule has 0 aliphatic carbocycles. The summed E-state index contributed by atoms with van der Waals surface area (Å²) >= 11 is 3.17. The van der Waals surface area contributed by atoms with Crippen LogP contribution >= 0.6 is 15.9 Å². The molecule has 0 saturated carbocycles. The first-order valence-corrected chi connectivity index (χ1v) is 7.95. The smallest absolute Gasteiger partial charge is 0.291 e. The third kappa shape index (κ3) is 4.45. The summed E-state index contributed by atoms with van der Waals surface area (Å²) in [4.78, 5) is 23.8. The monoisotopic (exact) mass is 401 g/mol. The molecule has 8 heteroatoms. The van der Waals surface area contributed by atoms with Crippen LogP contribution in [0.2, 0.25) is 0 Å². The highest BCUT2D eigenvalue weighted by Crippen LogP contribution is 2.13. The first kappa shape index (κ1) is 16.7. The van der Waals surface area contributed by atoms with Crippen LogP contribution in [0.15, 0.2) is 73.4 Å². The van der Waals surface area contributed by atoms with Gasteiger partial charge in [0.2, 0.25) is 0 Å². The van der Waals surface area contributed by atoms with Crippen molar-refractivity contribution >= 4 is 39.6 Å². The highest BCUT2D eigenvalue weighted by atomic mass is 79.9. The van der Waals surface area contributed by atoms with E-state index in [2.05, 4.69) is 31.8 Å². The number of carbonyl (C=O) groups is 2. The van der Waals surface area contributed by atoms with Crippen LogP contribution in [0.25, 0.3) is 0 Å². The van der Waals surface area contributed by atoms with Crippen LogP contribution in [-0.2, 0) is 0 Å². The van der Waals surface area contributed by atoms with E-state index in [0.29, 0.717) is 21.7 Å². The van der Waals surface area contributed by atoms with Crippen LogP contribution in [0, 0.1) is 0 Å². The maximum Gasteiger partial charge on any atom is 0.291 e. The van der Waals surface area contributed by atoms with Crippen LogP contribution in [0.3, 0.4) is 0 Å². The molecule has 0 aliphatic rings. The van der Waals surface area contributed by atoms with Crippen LogP contribution in [0.5, 0.6) is 0 Å². The fraction of sp³-hybridized carbons (Fsp3) is 0. The van der Waals surface area contributed by atoms with Crippen molar-refractivity contribution in [3.05, 3.63) is 76.5 Å². The molecule has 2 heterocycles. The lowest BCUT2D eigenvalue weighted by Gasteiger charge is -2.04. The lowest BCUT2D eigenvalue weighted by molar-refractivity contribution is 0.0954. The number of nitrogens with zero attached hydrogens (tertiary/aromatic N) is 1. The molecule has 0 fully saturated rings. The third-order valence-corrected chi connectivity index (χ3v) is 3.53. The van der Waals surface area contributed by atoms with E-state index in [1.54, 1.807) is 48.5 Å². The molecular weight excluding hydrogens is 390 g/mol. The number of amides is 2. The van der Waals surface area contributed by atoms with Gasteiger partial charge in [-0.3, -0.25) is 9.59 Å². The average Bonchev–Trinajstić information content (AvgIpc) is 3.27. The van der Waals surface area contributed by atoms with Gasteiger partial charge in [0.1, 0.15) is 5.76 Å². The summed E-state index contributed by atoms with van der Waals surface area (Å²) in [7, 11) is 0. The SMILES string of the molecule is O=C(N/N=C\c1ccc(Br)o1)c1ccc(NC(=O)c2ccco2)cc1. The van der Waals surface area contributed by atoms with Gasteiger partial charge in [-0.25, -0.2) is 5.43 Å². The molecule has 2 aromatic heterocycles. The average molecular weight is 402 g/mol. The topological polar surface area (TPSA) is 96.8 Å². The van der Waals surface area contributed by atoms with Crippen LogP contribution in [0.1, 0.15) is 26.7 Å². The molecule has 126 valence electrons. The number of furan rings is 2. The van der Waals surface area contributed by atoms with Gasteiger partial charge < -0.3 is 14.2 Å². The molecular formula is C17H12BrN3O4. The summed E-state index contributed by atoms with van der Waals surface area (Å²) in [5.74, 6) is -0.0360. The second kappa shape index (κ2) is 7.63. The van der Waals surface area contributed by atoms with Gasteiger partial charge in [-0.1, -0.05) is 0 Å². The van der Waals surface area contributed by atoms with Crippen molar-refractivity contribution in [2.45, 2.75) is 0 Å². The summed E-state index contributed by atoms with van der Waals surface area (Å²) in [5, 5.41) is 6.48. The van der Waals surface area contributed by atoms with Crippen molar-refractivity contribution in [2.24, 2.45) is 5.10 Å². The Morgan fingerprint density at radius 1 is 1.04 bits per heavy atom. The molecule has 0 spiro atoms. The van der Waals surface area contributed by atoms with Gasteiger partial charge in [0.25, 0.3) is 11.8 Å². The fourth-order valence-corrected chi connectivity index (χ4v) is 2.24. The maximum absolute atomic E-state index is 12.0. The van der Waals surface area contributed by atoms with Crippen molar-refractivity contribution < 1.29 is 18.4 Å². The highest BCUT2D eigenvalue weighted by molar-refractivity contribution is 9.10. The summed E-state index contributed by atoms with van der Waals surface area (Å²) < 4.78 is 10.8. The Morgan fingerprint density at radius 3 is 2.48 bits per heavy atom. The molecule has 0 atom stereocenters. The Bertz CT molecular complexity index is 898. The maximum atomic E-state index is 12.0. The largest absolute Gasteiger partial charge is 0.459 e. The van der Waals surface area contributed by atoms with E-state index < -0.39 is 0 Å². The molecule has 25 heavy (non-hydrogen) atoms. The number of hydrazone groups is 1. The van der Waals surface area contributed by atoms with Crippen molar-refractivity contribution in [2.75, 3.05) is 5.32 Å². The second-order valence-corrected chi connectivity index (χ2v) is 5.63. The van der Waals surface area contributed by atoms with Crippen LogP contribution in [-0.4, -0.2) is 18.0 Å². The molecule has 2 N–H and O–H groups in total. The lowest BCUT2D eigenvalue weighted by atomic mass is 10.2. The molecule has 3 rings (SSSR count). The molecule has 0 bridgehead atoms. The van der Waals surface area contributed by atoms with Gasteiger partial charge in [-0.05, 0) is 64.5 Å². The summed E-state index contributed by atoms with van der Waals surface area (Å²) in [6.07, 6.45) is 2.81. The Morgan fingerprint density at radius 2 is 1.84 bits per heavy atom. The molecule has 0 radical (unpaired) electrons. The zero-order valence-electron chi connectivity index (χ0n) is 12.7. The molecule has 1 aromatic carbocycles. The number of nitrogens with one attached hydrogen (secondary N) is 2. The minimum Gasteiger partial charge on any atom is -0.459 e. The van der Waals surface area contributed by atoms with Crippen molar-refractivity contribution in [3.63, 3.8) is 0 Å². The number of carbonyl (C=O) groups excluding carboxylic acids is 2. The molecule has 7 nitrogen and oxygen atoms in total. The normalized spacial score (nSPS) is 10.8. The number of rotatable bonds is 5. The third-order valence-electron chi connectivity index (χ3n) is 3.10. The summed E-state index contributed by atoms with van der Waals surface area (Å²) in [6, 6.07) is 13.0. The predicted octanol–water partition coefficient (Wildman–Crippen LogP) is 3.65. The number of benzene rings is 1. The molecule has 2 amide bonds. The molecule has 0 aliphatic heterocycles. The van der Waals surface area contributed by atoms with Crippen molar-refractivity contribution in [3.8, 4) is 0 Å². The zero-order chi connectivity index (χ0) is 17.6. The highest BCUT2D eigenvalue weighted by Gasteiger charge is 2.09. The Kier molecular flexibility index (Phi) is 5.10. The minimum absolute atomic E-state index is 0.209. The first-order valence-electron chi connectivity index (χ1n) is 7.15. The Hall–Kier alpha value is -3.13. The number of halogens is 1. The lowest BCUT2D eigenvalue weighted by Crippen LogP contribution is -2.17. The van der Waals surface area contributed by atoms with Gasteiger partial charge >= 0.3 is 0 Å². The Labute approximate surface area is 150 Å². The van der Waals surface area contributed by atoms with Gasteiger partial charge in [0.05, 0.1) is 12.5 Å². The molecule has 0 unspecified atom stereocenters. The van der Waals surface area contributed by atoms with Gasteiger partial charge in [0, 0.05) is 11.3 Å². The predicted molar refractivity (Wildman–Crippen MR) is 94.6 cm³/mol. The van der Waals surface area contributed by atoms with Gasteiger partial charge in [0.15, 0.2) is 10.4 Å². The Balaban J connectivity index is 1.57. The van der Waals surface area contributed by atoms with Gasteiger partial charge in [-0.2, -0.15) is 5.10 Å². The van der Waals surface area contributed by atoms with E-state index in [1.807, 2.05) is 0 Å². The van der Waals surface area contributed by atoms with E-state index >= 15 is 0 Å². The standard InChI is InChI=1S/C17H12BrN3O4/c18-15-8-7-13(25-15)10-19-21-16(22)11-3-5-12(6-4-11)20-17(23)14-2-1-9-24-14/h1-10H,(H,20,23)(H,21,22)/b19-10-. The van der Waals surface area contributed by atoms with E-state index in [9.17, 15) is 9.59 Å². The van der Waals surface area contributed by atoms with E-state index in [4.69, 9.17) is 8.83 Å². The first-order chi connectivity index (χ1) is 12.1. The van der Waals surface area contributed by atoms with E-state index in [0.717, 1.165) is 0 Å². The number of anilines is 1.